The molecule has 0 amide bonds. The lowest BCUT2D eigenvalue weighted by Crippen LogP contribution is -2.13. The summed E-state index contributed by atoms with van der Waals surface area (Å²) < 4.78 is 0. The first-order chi connectivity index (χ1) is 6.98. The molecule has 0 N–H and O–H groups in total. The highest BCUT2D eigenvalue weighted by Crippen LogP contribution is 2.25. The Kier molecular flexibility index (Phi) is 2.39. The molecule has 2 aromatic heterocycles. The Bertz CT molecular complexity index is 500. The van der Waals surface area contributed by atoms with Gasteiger partial charge in [0.1, 0.15) is 5.15 Å². The van der Waals surface area contributed by atoms with Crippen LogP contribution in [0.15, 0.2) is 24.4 Å². The minimum absolute atomic E-state index is 0.0595. The molecule has 0 saturated carbocycles. The lowest BCUT2D eigenvalue weighted by atomic mass is 9.91. The van der Waals surface area contributed by atoms with Crippen LogP contribution in [0.2, 0.25) is 5.15 Å². The molecule has 15 heavy (non-hydrogen) atoms. The average Bonchev–Trinajstić information content (AvgIpc) is 2.16. The number of fused-ring (bicyclic) bond motifs is 1. The Morgan fingerprint density at radius 1 is 1.13 bits per heavy atom. The minimum atomic E-state index is 0.0595. The van der Waals surface area contributed by atoms with Crippen LogP contribution in [0.5, 0.6) is 0 Å². The summed E-state index contributed by atoms with van der Waals surface area (Å²) in [6.45, 7) is 6.43. The summed E-state index contributed by atoms with van der Waals surface area (Å²) in [5.74, 6) is 0. The fraction of sp³-hybridized carbons (Fsp3) is 0.333. The summed E-state index contributed by atoms with van der Waals surface area (Å²) in [6, 6.07) is 5.88. The van der Waals surface area contributed by atoms with Gasteiger partial charge in [0.05, 0.1) is 5.52 Å². The van der Waals surface area contributed by atoms with E-state index in [1.807, 2.05) is 18.2 Å². The van der Waals surface area contributed by atoms with E-state index in [1.165, 1.54) is 0 Å². The average molecular weight is 221 g/mol. The van der Waals surface area contributed by atoms with E-state index in [-0.39, 0.29) is 5.41 Å². The third kappa shape index (κ3) is 1.95. The molecule has 2 nitrogen and oxygen atoms in total. The van der Waals surface area contributed by atoms with E-state index < -0.39 is 0 Å². The van der Waals surface area contributed by atoms with Gasteiger partial charge in [0.15, 0.2) is 0 Å². The predicted octanol–water partition coefficient (Wildman–Crippen LogP) is 3.58. The van der Waals surface area contributed by atoms with Gasteiger partial charge in [-0.1, -0.05) is 32.4 Å². The molecule has 0 aliphatic carbocycles. The smallest absolute Gasteiger partial charge is 0.138 e. The third-order valence-corrected chi connectivity index (χ3v) is 2.64. The van der Waals surface area contributed by atoms with Gasteiger partial charge in [-0.15, -0.1) is 0 Å². The van der Waals surface area contributed by atoms with Gasteiger partial charge in [-0.25, -0.2) is 4.98 Å². The van der Waals surface area contributed by atoms with E-state index in [0.29, 0.717) is 5.15 Å². The van der Waals surface area contributed by atoms with Crippen molar-refractivity contribution in [1.29, 1.82) is 0 Å². The number of nitrogens with zero attached hydrogens (tertiary/aromatic N) is 2. The van der Waals surface area contributed by atoms with Crippen LogP contribution in [0.3, 0.4) is 0 Å². The minimum Gasteiger partial charge on any atom is -0.252 e. The van der Waals surface area contributed by atoms with Crippen LogP contribution in [0.4, 0.5) is 0 Å². The molecule has 0 bridgehead atoms. The molecule has 2 rings (SSSR count). The molecule has 0 saturated heterocycles. The van der Waals surface area contributed by atoms with Crippen LogP contribution in [0.25, 0.3) is 10.9 Å². The highest BCUT2D eigenvalue weighted by Gasteiger charge is 2.15. The first kappa shape index (κ1) is 10.4. The van der Waals surface area contributed by atoms with Crippen LogP contribution in [-0.4, -0.2) is 9.97 Å². The van der Waals surface area contributed by atoms with E-state index >= 15 is 0 Å². The molecule has 0 atom stereocenters. The second-order valence-corrected chi connectivity index (χ2v) is 4.97. The van der Waals surface area contributed by atoms with E-state index in [4.69, 9.17) is 11.6 Å². The van der Waals surface area contributed by atoms with Crippen LogP contribution < -0.4 is 0 Å². The molecule has 0 unspecified atom stereocenters. The monoisotopic (exact) mass is 220 g/mol. The summed E-state index contributed by atoms with van der Waals surface area (Å²) in [5.41, 5.74) is 2.03. The molecule has 0 aliphatic rings. The topological polar surface area (TPSA) is 25.8 Å². The van der Waals surface area contributed by atoms with Crippen molar-refractivity contribution in [3.8, 4) is 0 Å². The van der Waals surface area contributed by atoms with Crippen molar-refractivity contribution < 1.29 is 0 Å². The first-order valence-corrected chi connectivity index (χ1v) is 5.28. The second-order valence-electron chi connectivity index (χ2n) is 4.61. The number of hydrogen-bond donors (Lipinski definition) is 0. The van der Waals surface area contributed by atoms with E-state index in [1.54, 1.807) is 6.20 Å². The van der Waals surface area contributed by atoms with Crippen molar-refractivity contribution >= 4 is 22.5 Å². The van der Waals surface area contributed by atoms with E-state index in [9.17, 15) is 0 Å². The Morgan fingerprint density at radius 2 is 1.87 bits per heavy atom. The molecule has 0 fully saturated rings. The summed E-state index contributed by atoms with van der Waals surface area (Å²) in [5, 5.41) is 1.42. The van der Waals surface area contributed by atoms with Crippen LogP contribution >= 0.6 is 11.6 Å². The second kappa shape index (κ2) is 3.46. The zero-order valence-electron chi connectivity index (χ0n) is 9.08. The lowest BCUT2D eigenvalue weighted by Gasteiger charge is -2.17. The van der Waals surface area contributed by atoms with Crippen LogP contribution in [-0.2, 0) is 5.41 Å². The predicted molar refractivity (Wildman–Crippen MR) is 63.2 cm³/mol. The van der Waals surface area contributed by atoms with Crippen molar-refractivity contribution in [3.05, 3.63) is 35.2 Å². The first-order valence-electron chi connectivity index (χ1n) is 4.90. The molecule has 2 aromatic rings. The highest BCUT2D eigenvalue weighted by molar-refractivity contribution is 6.34. The Morgan fingerprint density at radius 3 is 2.53 bits per heavy atom. The van der Waals surface area contributed by atoms with Crippen LogP contribution in [0.1, 0.15) is 26.5 Å². The fourth-order valence-corrected chi connectivity index (χ4v) is 1.65. The van der Waals surface area contributed by atoms with Gasteiger partial charge < -0.3 is 0 Å². The van der Waals surface area contributed by atoms with E-state index in [2.05, 4.69) is 30.7 Å². The highest BCUT2D eigenvalue weighted by atomic mass is 35.5. The van der Waals surface area contributed by atoms with Gasteiger partial charge in [0.2, 0.25) is 0 Å². The molecular formula is C12H13ClN2. The summed E-state index contributed by atoms with van der Waals surface area (Å²) in [7, 11) is 0. The Balaban J connectivity index is 2.68. The standard InChI is InChI=1S/C12H13ClN2/c1-12(2,3)10-5-4-8-9(15-10)6-7-14-11(8)13/h4-7H,1-3H3. The summed E-state index contributed by atoms with van der Waals surface area (Å²) in [6.07, 6.45) is 1.68. The maximum atomic E-state index is 5.97. The van der Waals surface area contributed by atoms with Gasteiger partial charge >= 0.3 is 0 Å². The molecule has 78 valence electrons. The SMILES string of the molecule is CC(C)(C)c1ccc2c(Cl)nccc2n1. The van der Waals surface area contributed by atoms with Gasteiger partial charge in [0.25, 0.3) is 0 Å². The molecule has 0 spiro atoms. The van der Waals surface area contributed by atoms with Crippen molar-refractivity contribution in [2.45, 2.75) is 26.2 Å². The maximum absolute atomic E-state index is 5.97. The maximum Gasteiger partial charge on any atom is 0.138 e. The van der Waals surface area contributed by atoms with Gasteiger partial charge in [-0.2, -0.15) is 0 Å². The number of pyridine rings is 2. The summed E-state index contributed by atoms with van der Waals surface area (Å²) in [4.78, 5) is 8.61. The molecule has 0 aromatic carbocycles. The van der Waals surface area contributed by atoms with Crippen molar-refractivity contribution in [2.24, 2.45) is 0 Å². The van der Waals surface area contributed by atoms with Crippen molar-refractivity contribution in [2.75, 3.05) is 0 Å². The zero-order chi connectivity index (χ0) is 11.1. The molecule has 0 aliphatic heterocycles. The number of halogens is 1. The largest absolute Gasteiger partial charge is 0.252 e. The number of aromatic nitrogens is 2. The van der Waals surface area contributed by atoms with Gasteiger partial charge in [-0.05, 0) is 18.2 Å². The normalized spacial score (nSPS) is 12.0. The quantitative estimate of drug-likeness (QED) is 0.635. The lowest BCUT2D eigenvalue weighted by molar-refractivity contribution is 0.571. The Hall–Kier alpha value is -1.15. The van der Waals surface area contributed by atoms with E-state index in [0.717, 1.165) is 16.6 Å². The number of hydrogen-bond acceptors (Lipinski definition) is 2. The fourth-order valence-electron chi connectivity index (χ4n) is 1.44. The molecule has 3 heteroatoms. The number of rotatable bonds is 0. The molecule has 0 radical (unpaired) electrons. The van der Waals surface area contributed by atoms with Crippen molar-refractivity contribution in [1.82, 2.24) is 9.97 Å². The molecule has 2 heterocycles. The van der Waals surface area contributed by atoms with Crippen molar-refractivity contribution in [3.63, 3.8) is 0 Å². The van der Waals surface area contributed by atoms with Gasteiger partial charge in [-0.3, -0.25) is 4.98 Å². The Labute approximate surface area is 94.3 Å². The van der Waals surface area contributed by atoms with Crippen LogP contribution in [0, 0.1) is 0 Å². The summed E-state index contributed by atoms with van der Waals surface area (Å²) >= 11 is 5.97. The zero-order valence-corrected chi connectivity index (χ0v) is 9.84. The van der Waals surface area contributed by atoms with Gasteiger partial charge in [0, 0.05) is 22.7 Å². The third-order valence-electron chi connectivity index (χ3n) is 2.34. The molecular weight excluding hydrogens is 208 g/mol.